The molecule has 0 aromatic carbocycles. The molecule has 0 bridgehead atoms. The Hall–Kier alpha value is -1.68. The van der Waals surface area contributed by atoms with Crippen molar-refractivity contribution in [3.63, 3.8) is 0 Å². The number of aromatic nitrogens is 3. The van der Waals surface area contributed by atoms with Crippen molar-refractivity contribution in [3.8, 4) is 0 Å². The van der Waals surface area contributed by atoms with Crippen LogP contribution < -0.4 is 5.73 Å². The zero-order chi connectivity index (χ0) is 11.2. The molecule has 2 N–H and O–H groups in total. The van der Waals surface area contributed by atoms with Crippen molar-refractivity contribution < 1.29 is 0 Å². The van der Waals surface area contributed by atoms with Crippen molar-refractivity contribution in [1.82, 2.24) is 14.5 Å². The van der Waals surface area contributed by atoms with E-state index in [2.05, 4.69) is 14.5 Å². The number of hydrogen-bond donors (Lipinski definition) is 1. The molecule has 0 amide bonds. The SMILES string of the molecule is NCCc1nccn1CCc1ccncc1. The maximum Gasteiger partial charge on any atom is 0.109 e. The summed E-state index contributed by atoms with van der Waals surface area (Å²) in [6.07, 6.45) is 9.32. The third kappa shape index (κ3) is 2.67. The molecule has 2 heterocycles. The molecule has 0 radical (unpaired) electrons. The van der Waals surface area contributed by atoms with Gasteiger partial charge >= 0.3 is 0 Å². The molecule has 0 spiro atoms. The first-order valence-electron chi connectivity index (χ1n) is 5.49. The second-order valence-corrected chi connectivity index (χ2v) is 3.68. The van der Waals surface area contributed by atoms with Gasteiger partial charge in [-0.25, -0.2) is 4.98 Å². The Labute approximate surface area is 95.1 Å². The molecule has 2 aromatic rings. The largest absolute Gasteiger partial charge is 0.335 e. The standard InChI is InChI=1S/C12H16N4/c13-5-1-12-15-8-10-16(12)9-4-11-2-6-14-7-3-11/h2-3,6-8,10H,1,4-5,9,13H2. The number of pyridine rings is 1. The van der Waals surface area contributed by atoms with Gasteiger partial charge in [-0.1, -0.05) is 0 Å². The number of aryl methyl sites for hydroxylation is 2. The van der Waals surface area contributed by atoms with Crippen LogP contribution in [0.3, 0.4) is 0 Å². The lowest BCUT2D eigenvalue weighted by Crippen LogP contribution is -2.10. The van der Waals surface area contributed by atoms with Crippen LogP contribution in [0.15, 0.2) is 36.9 Å². The van der Waals surface area contributed by atoms with Crippen LogP contribution in [-0.2, 0) is 19.4 Å². The average molecular weight is 216 g/mol. The smallest absolute Gasteiger partial charge is 0.109 e. The van der Waals surface area contributed by atoms with Crippen molar-refractivity contribution in [2.45, 2.75) is 19.4 Å². The van der Waals surface area contributed by atoms with Gasteiger partial charge in [0.25, 0.3) is 0 Å². The molecular formula is C12H16N4. The van der Waals surface area contributed by atoms with E-state index in [9.17, 15) is 0 Å². The van der Waals surface area contributed by atoms with Crippen LogP contribution in [0.2, 0.25) is 0 Å². The number of hydrogen-bond acceptors (Lipinski definition) is 3. The second-order valence-electron chi connectivity index (χ2n) is 3.68. The molecule has 4 nitrogen and oxygen atoms in total. The van der Waals surface area contributed by atoms with Crippen molar-refractivity contribution in [2.75, 3.05) is 6.54 Å². The zero-order valence-corrected chi connectivity index (χ0v) is 9.21. The van der Waals surface area contributed by atoms with Gasteiger partial charge in [0.05, 0.1) is 0 Å². The summed E-state index contributed by atoms with van der Waals surface area (Å²) in [5.74, 6) is 1.07. The van der Waals surface area contributed by atoms with Gasteiger partial charge in [-0.3, -0.25) is 4.98 Å². The van der Waals surface area contributed by atoms with Crippen LogP contribution in [0.4, 0.5) is 0 Å². The summed E-state index contributed by atoms with van der Waals surface area (Å²) in [6.45, 7) is 1.59. The molecule has 0 fully saturated rings. The maximum atomic E-state index is 5.53. The third-order valence-corrected chi connectivity index (χ3v) is 2.56. The lowest BCUT2D eigenvalue weighted by molar-refractivity contribution is 0.648. The van der Waals surface area contributed by atoms with E-state index in [4.69, 9.17) is 5.73 Å². The van der Waals surface area contributed by atoms with Gasteiger partial charge in [-0.15, -0.1) is 0 Å². The molecule has 4 heteroatoms. The molecule has 0 atom stereocenters. The number of nitrogens with zero attached hydrogens (tertiary/aromatic N) is 3. The van der Waals surface area contributed by atoms with E-state index in [0.717, 1.165) is 25.2 Å². The first kappa shape index (κ1) is 10.8. The molecule has 0 saturated carbocycles. The van der Waals surface area contributed by atoms with Crippen LogP contribution in [0.25, 0.3) is 0 Å². The van der Waals surface area contributed by atoms with Crippen LogP contribution in [-0.4, -0.2) is 21.1 Å². The molecule has 0 aliphatic heterocycles. The predicted molar refractivity (Wildman–Crippen MR) is 62.9 cm³/mol. The Bertz CT molecular complexity index is 422. The van der Waals surface area contributed by atoms with Crippen LogP contribution in [0.1, 0.15) is 11.4 Å². The third-order valence-electron chi connectivity index (χ3n) is 2.56. The van der Waals surface area contributed by atoms with Gasteiger partial charge in [0.15, 0.2) is 0 Å². The fraction of sp³-hybridized carbons (Fsp3) is 0.333. The van der Waals surface area contributed by atoms with Gasteiger partial charge in [0, 0.05) is 37.8 Å². The van der Waals surface area contributed by atoms with E-state index in [1.807, 2.05) is 36.9 Å². The second kappa shape index (κ2) is 5.42. The van der Waals surface area contributed by atoms with E-state index in [1.54, 1.807) is 0 Å². The summed E-state index contributed by atoms with van der Waals surface area (Å²) in [5.41, 5.74) is 6.83. The predicted octanol–water partition coefficient (Wildman–Crippen LogP) is 1.02. The zero-order valence-electron chi connectivity index (χ0n) is 9.21. The number of rotatable bonds is 5. The molecular weight excluding hydrogens is 200 g/mol. The van der Waals surface area contributed by atoms with E-state index in [1.165, 1.54) is 5.56 Å². The highest BCUT2D eigenvalue weighted by atomic mass is 15.1. The van der Waals surface area contributed by atoms with Gasteiger partial charge < -0.3 is 10.3 Å². The highest BCUT2D eigenvalue weighted by Crippen LogP contribution is 2.03. The maximum absolute atomic E-state index is 5.53. The van der Waals surface area contributed by atoms with E-state index >= 15 is 0 Å². The van der Waals surface area contributed by atoms with Crippen LogP contribution in [0.5, 0.6) is 0 Å². The summed E-state index contributed by atoms with van der Waals surface area (Å²) in [4.78, 5) is 8.29. The Morgan fingerprint density at radius 2 is 1.94 bits per heavy atom. The highest BCUT2D eigenvalue weighted by molar-refractivity contribution is 5.09. The minimum Gasteiger partial charge on any atom is -0.335 e. The summed E-state index contributed by atoms with van der Waals surface area (Å²) in [6, 6.07) is 4.08. The number of nitrogens with two attached hydrogens (primary N) is 1. The average Bonchev–Trinajstić information content (AvgIpc) is 2.76. The van der Waals surface area contributed by atoms with Gasteiger partial charge in [-0.05, 0) is 30.7 Å². The molecule has 2 rings (SSSR count). The molecule has 16 heavy (non-hydrogen) atoms. The highest BCUT2D eigenvalue weighted by Gasteiger charge is 2.01. The van der Waals surface area contributed by atoms with Crippen LogP contribution in [0, 0.1) is 0 Å². The van der Waals surface area contributed by atoms with Crippen molar-refractivity contribution in [1.29, 1.82) is 0 Å². The lowest BCUT2D eigenvalue weighted by Gasteiger charge is -2.06. The molecule has 0 saturated heterocycles. The normalized spacial score (nSPS) is 10.6. The molecule has 0 aliphatic carbocycles. The summed E-state index contributed by atoms with van der Waals surface area (Å²) in [7, 11) is 0. The Kier molecular flexibility index (Phi) is 3.66. The topological polar surface area (TPSA) is 56.7 Å². The summed E-state index contributed by atoms with van der Waals surface area (Å²) < 4.78 is 2.16. The fourth-order valence-electron chi connectivity index (χ4n) is 1.70. The van der Waals surface area contributed by atoms with Gasteiger partial charge in [0.1, 0.15) is 5.82 Å². The van der Waals surface area contributed by atoms with Gasteiger partial charge in [-0.2, -0.15) is 0 Å². The summed E-state index contributed by atoms with van der Waals surface area (Å²) >= 11 is 0. The first-order chi connectivity index (χ1) is 7.90. The number of imidazole rings is 1. The minimum atomic E-state index is 0.645. The Balaban J connectivity index is 1.97. The molecule has 84 valence electrons. The molecule has 0 unspecified atom stereocenters. The summed E-state index contributed by atoms with van der Waals surface area (Å²) in [5, 5.41) is 0. The quantitative estimate of drug-likeness (QED) is 0.812. The fourth-order valence-corrected chi connectivity index (χ4v) is 1.70. The monoisotopic (exact) mass is 216 g/mol. The lowest BCUT2D eigenvalue weighted by atomic mass is 10.2. The molecule has 0 aliphatic rings. The molecule has 2 aromatic heterocycles. The van der Waals surface area contributed by atoms with E-state index in [-0.39, 0.29) is 0 Å². The van der Waals surface area contributed by atoms with E-state index < -0.39 is 0 Å². The van der Waals surface area contributed by atoms with Crippen molar-refractivity contribution >= 4 is 0 Å². The van der Waals surface area contributed by atoms with Gasteiger partial charge in [0.2, 0.25) is 0 Å². The Morgan fingerprint density at radius 1 is 1.12 bits per heavy atom. The van der Waals surface area contributed by atoms with Crippen molar-refractivity contribution in [2.24, 2.45) is 5.73 Å². The first-order valence-corrected chi connectivity index (χ1v) is 5.49. The van der Waals surface area contributed by atoms with Crippen molar-refractivity contribution in [3.05, 3.63) is 48.3 Å². The van der Waals surface area contributed by atoms with E-state index in [0.29, 0.717) is 6.54 Å². The Morgan fingerprint density at radius 3 is 2.69 bits per heavy atom. The minimum absolute atomic E-state index is 0.645. The van der Waals surface area contributed by atoms with Crippen LogP contribution >= 0.6 is 0 Å².